The topological polar surface area (TPSA) is 20.2 Å². The van der Waals surface area contributed by atoms with Gasteiger partial charge < -0.3 is 5.11 Å². The summed E-state index contributed by atoms with van der Waals surface area (Å²) >= 11 is 3.39. The Hall–Kier alpha value is -1.94. The second-order valence-electron chi connectivity index (χ2n) is 5.74. The number of hydrogen-bond donors (Lipinski definition) is 1. The van der Waals surface area contributed by atoms with Crippen LogP contribution in [0.1, 0.15) is 18.1 Å². The Morgan fingerprint density at radius 3 is 2.43 bits per heavy atom. The first kappa shape index (κ1) is 14.6. The first-order chi connectivity index (χ1) is 11.2. The third kappa shape index (κ3) is 2.41. The average Bonchev–Trinajstić information content (AvgIpc) is 3.25. The summed E-state index contributed by atoms with van der Waals surface area (Å²) < 4.78 is 0. The molecule has 1 N–H and O–H groups in total. The quantitative estimate of drug-likeness (QED) is 0.495. The molecular weight excluding hydrogens is 320 g/mol. The molecule has 0 saturated carbocycles. The summed E-state index contributed by atoms with van der Waals surface area (Å²) in [5.74, 6) is 0. The van der Waals surface area contributed by atoms with Crippen molar-refractivity contribution in [3.8, 4) is 9.75 Å². The first-order valence-corrected chi connectivity index (χ1v) is 9.26. The molecule has 2 aromatic carbocycles. The molecule has 3 heteroatoms. The van der Waals surface area contributed by atoms with Crippen molar-refractivity contribution in [2.75, 3.05) is 0 Å². The van der Waals surface area contributed by atoms with Crippen molar-refractivity contribution >= 4 is 33.4 Å². The van der Waals surface area contributed by atoms with Crippen LogP contribution >= 0.6 is 22.7 Å². The molecular formula is C20H16OS2. The fourth-order valence-corrected chi connectivity index (χ4v) is 4.97. The van der Waals surface area contributed by atoms with Gasteiger partial charge in [-0.15, -0.1) is 22.7 Å². The molecule has 23 heavy (non-hydrogen) atoms. The van der Waals surface area contributed by atoms with E-state index >= 15 is 0 Å². The lowest BCUT2D eigenvalue weighted by molar-refractivity contribution is 0.105. The Labute approximate surface area is 143 Å². The highest BCUT2D eigenvalue weighted by atomic mass is 32.1. The molecule has 2 aromatic heterocycles. The van der Waals surface area contributed by atoms with E-state index in [2.05, 4.69) is 41.1 Å². The van der Waals surface area contributed by atoms with Crippen LogP contribution in [-0.2, 0) is 5.60 Å². The third-order valence-corrected chi connectivity index (χ3v) is 6.21. The third-order valence-electron chi connectivity index (χ3n) is 4.25. The zero-order chi connectivity index (χ0) is 15.9. The van der Waals surface area contributed by atoms with Crippen molar-refractivity contribution < 1.29 is 5.11 Å². The predicted molar refractivity (Wildman–Crippen MR) is 100 cm³/mol. The van der Waals surface area contributed by atoms with Crippen molar-refractivity contribution in [2.24, 2.45) is 0 Å². The molecule has 4 rings (SSSR count). The number of thiophene rings is 2. The van der Waals surface area contributed by atoms with E-state index in [0.717, 1.165) is 26.8 Å². The van der Waals surface area contributed by atoms with E-state index in [0.29, 0.717) is 0 Å². The minimum Gasteiger partial charge on any atom is -0.381 e. The van der Waals surface area contributed by atoms with Crippen LogP contribution in [0.25, 0.3) is 20.5 Å². The van der Waals surface area contributed by atoms with Crippen molar-refractivity contribution in [2.45, 2.75) is 12.5 Å². The summed E-state index contributed by atoms with van der Waals surface area (Å²) in [5.41, 5.74) is 0.897. The van der Waals surface area contributed by atoms with Crippen molar-refractivity contribution in [1.82, 2.24) is 0 Å². The van der Waals surface area contributed by atoms with Gasteiger partial charge in [-0.3, -0.25) is 0 Å². The Morgan fingerprint density at radius 1 is 0.783 bits per heavy atom. The lowest BCUT2D eigenvalue weighted by atomic mass is 9.85. The van der Waals surface area contributed by atoms with E-state index in [1.807, 2.05) is 37.3 Å². The van der Waals surface area contributed by atoms with Gasteiger partial charge in [0.05, 0.1) is 4.88 Å². The average molecular weight is 336 g/mol. The molecule has 0 amide bonds. The van der Waals surface area contributed by atoms with Gasteiger partial charge in [0, 0.05) is 10.4 Å². The summed E-state index contributed by atoms with van der Waals surface area (Å²) in [7, 11) is 0. The lowest BCUT2D eigenvalue weighted by Crippen LogP contribution is -2.23. The standard InChI is InChI=1S/C20H16OS2/c1-20(21,16-9-4-7-14-6-2-3-8-15(14)16)17-11-13-23-19(17)18-10-5-12-22-18/h2-13,21H,1H3. The van der Waals surface area contributed by atoms with Crippen LogP contribution in [-0.4, -0.2) is 5.11 Å². The number of fused-ring (bicyclic) bond motifs is 1. The first-order valence-electron chi connectivity index (χ1n) is 7.50. The summed E-state index contributed by atoms with van der Waals surface area (Å²) in [6.45, 7) is 1.90. The molecule has 0 fully saturated rings. The molecule has 0 radical (unpaired) electrons. The highest BCUT2D eigenvalue weighted by Gasteiger charge is 2.31. The normalized spacial score (nSPS) is 14.0. The Bertz CT molecular complexity index is 943. The van der Waals surface area contributed by atoms with E-state index in [1.165, 1.54) is 4.88 Å². The van der Waals surface area contributed by atoms with Gasteiger partial charge in [-0.25, -0.2) is 0 Å². The van der Waals surface area contributed by atoms with Gasteiger partial charge >= 0.3 is 0 Å². The molecule has 1 atom stereocenters. The fraction of sp³-hybridized carbons (Fsp3) is 0.100. The molecule has 0 aliphatic heterocycles. The fourth-order valence-electron chi connectivity index (χ4n) is 3.09. The molecule has 4 aromatic rings. The van der Waals surface area contributed by atoms with Crippen LogP contribution in [0.2, 0.25) is 0 Å². The lowest BCUT2D eigenvalue weighted by Gasteiger charge is -2.26. The number of rotatable bonds is 3. The molecule has 2 heterocycles. The van der Waals surface area contributed by atoms with Crippen LogP contribution in [0.5, 0.6) is 0 Å². The largest absolute Gasteiger partial charge is 0.381 e. The minimum absolute atomic E-state index is 0.951. The number of hydrogen-bond acceptors (Lipinski definition) is 3. The second-order valence-corrected chi connectivity index (χ2v) is 7.60. The molecule has 0 aliphatic rings. The monoisotopic (exact) mass is 336 g/mol. The Kier molecular flexibility index (Phi) is 3.57. The maximum absolute atomic E-state index is 11.4. The van der Waals surface area contributed by atoms with Crippen LogP contribution in [0, 0.1) is 0 Å². The second kappa shape index (κ2) is 5.60. The molecule has 0 saturated heterocycles. The Morgan fingerprint density at radius 2 is 1.61 bits per heavy atom. The maximum Gasteiger partial charge on any atom is 0.114 e. The smallest absolute Gasteiger partial charge is 0.114 e. The van der Waals surface area contributed by atoms with E-state index in [-0.39, 0.29) is 0 Å². The molecule has 114 valence electrons. The van der Waals surface area contributed by atoms with Crippen LogP contribution in [0.15, 0.2) is 71.4 Å². The summed E-state index contributed by atoms with van der Waals surface area (Å²) in [6, 6.07) is 20.6. The van der Waals surface area contributed by atoms with Crippen molar-refractivity contribution in [1.29, 1.82) is 0 Å². The number of aliphatic hydroxyl groups is 1. The van der Waals surface area contributed by atoms with Crippen LogP contribution in [0.4, 0.5) is 0 Å². The van der Waals surface area contributed by atoms with Crippen LogP contribution < -0.4 is 0 Å². The highest BCUT2D eigenvalue weighted by Crippen LogP contribution is 2.42. The summed E-state index contributed by atoms with van der Waals surface area (Å²) in [6.07, 6.45) is 0. The Balaban J connectivity index is 1.93. The van der Waals surface area contributed by atoms with Gasteiger partial charge in [-0.05, 0) is 46.2 Å². The maximum atomic E-state index is 11.4. The summed E-state index contributed by atoms with van der Waals surface area (Å²) in [4.78, 5) is 2.36. The van der Waals surface area contributed by atoms with Crippen molar-refractivity contribution in [3.05, 3.63) is 82.6 Å². The zero-order valence-corrected chi connectivity index (χ0v) is 14.3. The van der Waals surface area contributed by atoms with Crippen molar-refractivity contribution in [3.63, 3.8) is 0 Å². The molecule has 0 spiro atoms. The number of benzene rings is 2. The highest BCUT2D eigenvalue weighted by molar-refractivity contribution is 7.20. The molecule has 1 nitrogen and oxygen atoms in total. The van der Waals surface area contributed by atoms with Gasteiger partial charge in [0.25, 0.3) is 0 Å². The van der Waals surface area contributed by atoms with Gasteiger partial charge in [0.15, 0.2) is 0 Å². The predicted octanol–water partition coefficient (Wildman–Crippen LogP) is 5.89. The molecule has 1 unspecified atom stereocenters. The van der Waals surface area contributed by atoms with E-state index in [4.69, 9.17) is 0 Å². The zero-order valence-electron chi connectivity index (χ0n) is 12.7. The minimum atomic E-state index is -1.03. The van der Waals surface area contributed by atoms with Gasteiger partial charge in [-0.2, -0.15) is 0 Å². The van der Waals surface area contributed by atoms with E-state index in [1.54, 1.807) is 22.7 Å². The van der Waals surface area contributed by atoms with E-state index < -0.39 is 5.60 Å². The van der Waals surface area contributed by atoms with Gasteiger partial charge in [0.2, 0.25) is 0 Å². The molecule has 0 bridgehead atoms. The van der Waals surface area contributed by atoms with Gasteiger partial charge in [-0.1, -0.05) is 48.5 Å². The van der Waals surface area contributed by atoms with E-state index in [9.17, 15) is 5.11 Å². The molecule has 0 aliphatic carbocycles. The van der Waals surface area contributed by atoms with Crippen LogP contribution in [0.3, 0.4) is 0 Å². The summed E-state index contributed by atoms with van der Waals surface area (Å²) in [5, 5.41) is 17.8. The SMILES string of the molecule is CC(O)(c1ccsc1-c1cccs1)c1cccc2ccccc12. The van der Waals surface area contributed by atoms with Gasteiger partial charge in [0.1, 0.15) is 5.60 Å².